The first kappa shape index (κ1) is 18.0. The Bertz CT molecular complexity index is 866. The van der Waals surface area contributed by atoms with E-state index in [2.05, 4.69) is 30.4 Å². The van der Waals surface area contributed by atoms with Crippen molar-refractivity contribution in [3.63, 3.8) is 0 Å². The molecule has 0 radical (unpaired) electrons. The van der Waals surface area contributed by atoms with E-state index in [0.717, 1.165) is 17.7 Å². The van der Waals surface area contributed by atoms with Crippen LogP contribution in [0.25, 0.3) is 10.8 Å². The van der Waals surface area contributed by atoms with Crippen molar-refractivity contribution in [2.24, 2.45) is 0 Å². The summed E-state index contributed by atoms with van der Waals surface area (Å²) in [7, 11) is 0. The molecule has 26 heavy (non-hydrogen) atoms. The fourth-order valence-corrected chi connectivity index (χ4v) is 3.03. The van der Waals surface area contributed by atoms with Gasteiger partial charge < -0.3 is 10.1 Å². The number of benzene rings is 3. The van der Waals surface area contributed by atoms with E-state index in [1.165, 1.54) is 16.3 Å². The van der Waals surface area contributed by atoms with Crippen LogP contribution in [0, 0.1) is 0 Å². The van der Waals surface area contributed by atoms with Crippen molar-refractivity contribution in [3.8, 4) is 5.75 Å². The molecule has 3 rings (SSSR count). The number of nitrogens with one attached hydrogen (secondary N) is 1. The highest BCUT2D eigenvalue weighted by Gasteiger charge is 2.18. The molecular formula is C23H25NO2. The van der Waals surface area contributed by atoms with Gasteiger partial charge in [-0.3, -0.25) is 4.79 Å². The van der Waals surface area contributed by atoms with Gasteiger partial charge in [-0.25, -0.2) is 0 Å². The zero-order chi connectivity index (χ0) is 18.4. The number of aryl methyl sites for hydroxylation is 1. The summed E-state index contributed by atoms with van der Waals surface area (Å²) in [6, 6.07) is 22.3. The van der Waals surface area contributed by atoms with E-state index in [9.17, 15) is 4.79 Å². The molecule has 0 aliphatic rings. The predicted molar refractivity (Wildman–Crippen MR) is 106 cm³/mol. The molecule has 3 heteroatoms. The molecule has 0 spiro atoms. The van der Waals surface area contributed by atoms with Crippen molar-refractivity contribution in [1.82, 2.24) is 5.32 Å². The number of rotatable bonds is 7. The average molecular weight is 347 g/mol. The Hall–Kier alpha value is -2.81. The fourth-order valence-electron chi connectivity index (χ4n) is 3.03. The minimum Gasteiger partial charge on any atom is -0.481 e. The molecule has 3 aromatic rings. The molecule has 0 aliphatic carbocycles. The largest absolute Gasteiger partial charge is 0.481 e. The van der Waals surface area contributed by atoms with Crippen LogP contribution in [0.2, 0.25) is 0 Å². The van der Waals surface area contributed by atoms with E-state index >= 15 is 0 Å². The highest BCUT2D eigenvalue weighted by Crippen LogP contribution is 2.19. The fraction of sp³-hybridized carbons (Fsp3) is 0.261. The number of fused-ring (bicyclic) bond motifs is 1. The van der Waals surface area contributed by atoms with E-state index in [1.807, 2.05) is 55.5 Å². The van der Waals surface area contributed by atoms with Gasteiger partial charge in [-0.05, 0) is 46.9 Å². The molecule has 0 aliphatic heterocycles. The molecule has 3 nitrogen and oxygen atoms in total. The molecule has 134 valence electrons. The third-order valence-electron chi connectivity index (χ3n) is 4.61. The second-order valence-electron chi connectivity index (χ2n) is 6.37. The Balaban J connectivity index is 1.65. The lowest BCUT2D eigenvalue weighted by Crippen LogP contribution is -2.37. The third-order valence-corrected chi connectivity index (χ3v) is 4.61. The summed E-state index contributed by atoms with van der Waals surface area (Å²) < 4.78 is 5.89. The Labute approximate surface area is 155 Å². The van der Waals surface area contributed by atoms with Crippen molar-refractivity contribution in [1.29, 1.82) is 0 Å². The van der Waals surface area contributed by atoms with Crippen LogP contribution in [-0.4, -0.2) is 12.0 Å². The maximum Gasteiger partial charge on any atom is 0.261 e. The molecule has 1 unspecified atom stereocenters. The van der Waals surface area contributed by atoms with E-state index in [0.29, 0.717) is 13.0 Å². The Morgan fingerprint density at radius 2 is 1.69 bits per heavy atom. The monoisotopic (exact) mass is 347 g/mol. The first-order valence-corrected chi connectivity index (χ1v) is 9.21. The van der Waals surface area contributed by atoms with E-state index in [-0.39, 0.29) is 5.91 Å². The number of ether oxygens (including phenoxy) is 1. The molecule has 1 atom stereocenters. The third kappa shape index (κ3) is 4.23. The number of carbonyl (C=O) groups excluding carboxylic acids is 1. The molecule has 0 bridgehead atoms. The van der Waals surface area contributed by atoms with Gasteiger partial charge in [-0.2, -0.15) is 0 Å². The lowest BCUT2D eigenvalue weighted by Gasteiger charge is -2.18. The Kier molecular flexibility index (Phi) is 5.90. The number of carbonyl (C=O) groups is 1. The van der Waals surface area contributed by atoms with Gasteiger partial charge in [0, 0.05) is 6.54 Å². The number of hydrogen-bond donors (Lipinski definition) is 1. The van der Waals surface area contributed by atoms with Crippen molar-refractivity contribution in [2.45, 2.75) is 39.3 Å². The number of amides is 1. The van der Waals surface area contributed by atoms with Crippen LogP contribution in [0.5, 0.6) is 5.75 Å². The Morgan fingerprint density at radius 1 is 0.962 bits per heavy atom. The van der Waals surface area contributed by atoms with Gasteiger partial charge in [0.05, 0.1) is 0 Å². The quantitative estimate of drug-likeness (QED) is 0.662. The Morgan fingerprint density at radius 3 is 2.42 bits per heavy atom. The minimum absolute atomic E-state index is 0.0833. The summed E-state index contributed by atoms with van der Waals surface area (Å²) in [6.07, 6.45) is 1.12. The predicted octanol–water partition coefficient (Wildman–Crippen LogP) is 4.88. The topological polar surface area (TPSA) is 38.3 Å². The summed E-state index contributed by atoms with van der Waals surface area (Å²) in [4.78, 5) is 12.6. The summed E-state index contributed by atoms with van der Waals surface area (Å²) in [6.45, 7) is 4.57. The van der Waals surface area contributed by atoms with Crippen molar-refractivity contribution in [2.75, 3.05) is 0 Å². The lowest BCUT2D eigenvalue weighted by atomic mass is 10.0. The first-order valence-electron chi connectivity index (χ1n) is 9.21. The van der Waals surface area contributed by atoms with Crippen LogP contribution in [-0.2, 0) is 17.8 Å². The van der Waals surface area contributed by atoms with Gasteiger partial charge in [-0.15, -0.1) is 0 Å². The summed E-state index contributed by atoms with van der Waals surface area (Å²) in [5, 5.41) is 5.37. The van der Waals surface area contributed by atoms with Gasteiger partial charge >= 0.3 is 0 Å². The maximum absolute atomic E-state index is 12.6. The minimum atomic E-state index is -0.488. The van der Waals surface area contributed by atoms with Gasteiger partial charge in [0.15, 0.2) is 6.10 Å². The number of hydrogen-bond acceptors (Lipinski definition) is 2. The SMILES string of the molecule is CCc1ccc(OC(CC)C(=O)NCc2cccc3ccccc23)cc1. The molecular weight excluding hydrogens is 322 g/mol. The molecule has 0 fully saturated rings. The van der Waals surface area contributed by atoms with Crippen LogP contribution >= 0.6 is 0 Å². The van der Waals surface area contributed by atoms with Crippen LogP contribution < -0.4 is 10.1 Å². The summed E-state index contributed by atoms with van der Waals surface area (Å²) in [5.74, 6) is 0.648. The molecule has 0 saturated heterocycles. The van der Waals surface area contributed by atoms with Gasteiger partial charge in [0.1, 0.15) is 5.75 Å². The zero-order valence-corrected chi connectivity index (χ0v) is 15.4. The molecule has 1 N–H and O–H groups in total. The van der Waals surface area contributed by atoms with Gasteiger partial charge in [0.2, 0.25) is 0 Å². The van der Waals surface area contributed by atoms with Gasteiger partial charge in [-0.1, -0.05) is 68.4 Å². The van der Waals surface area contributed by atoms with Crippen LogP contribution in [0.1, 0.15) is 31.4 Å². The summed E-state index contributed by atoms with van der Waals surface area (Å²) >= 11 is 0. The molecule has 3 aromatic carbocycles. The highest BCUT2D eigenvalue weighted by molar-refractivity contribution is 5.86. The van der Waals surface area contributed by atoms with Crippen molar-refractivity contribution < 1.29 is 9.53 Å². The average Bonchev–Trinajstić information content (AvgIpc) is 2.70. The summed E-state index contributed by atoms with van der Waals surface area (Å²) in [5.41, 5.74) is 2.37. The van der Waals surface area contributed by atoms with Crippen molar-refractivity contribution in [3.05, 3.63) is 77.9 Å². The lowest BCUT2D eigenvalue weighted by molar-refractivity contribution is -0.128. The second-order valence-corrected chi connectivity index (χ2v) is 6.37. The standard InChI is InChI=1S/C23H25NO2/c1-3-17-12-14-20(15-13-17)26-22(4-2)23(25)24-16-19-10-7-9-18-8-5-6-11-21(18)19/h5-15,22H,3-4,16H2,1-2H3,(H,24,25). The molecule has 0 heterocycles. The molecule has 0 aromatic heterocycles. The van der Waals surface area contributed by atoms with Crippen LogP contribution in [0.15, 0.2) is 66.7 Å². The van der Waals surface area contributed by atoms with E-state index in [1.54, 1.807) is 0 Å². The normalized spacial score (nSPS) is 11.9. The highest BCUT2D eigenvalue weighted by atomic mass is 16.5. The zero-order valence-electron chi connectivity index (χ0n) is 15.4. The van der Waals surface area contributed by atoms with E-state index in [4.69, 9.17) is 4.74 Å². The van der Waals surface area contributed by atoms with Crippen LogP contribution in [0.4, 0.5) is 0 Å². The van der Waals surface area contributed by atoms with E-state index < -0.39 is 6.10 Å². The first-order chi connectivity index (χ1) is 12.7. The smallest absolute Gasteiger partial charge is 0.261 e. The van der Waals surface area contributed by atoms with Gasteiger partial charge in [0.25, 0.3) is 5.91 Å². The van der Waals surface area contributed by atoms with Crippen LogP contribution in [0.3, 0.4) is 0 Å². The maximum atomic E-state index is 12.6. The molecule has 0 saturated carbocycles. The molecule has 1 amide bonds. The van der Waals surface area contributed by atoms with Crippen molar-refractivity contribution >= 4 is 16.7 Å². The second kappa shape index (κ2) is 8.52.